The molecule has 1 atom stereocenters. The van der Waals surface area contributed by atoms with Crippen LogP contribution in [-0.2, 0) is 11.3 Å². The van der Waals surface area contributed by atoms with Crippen LogP contribution in [0.15, 0.2) is 0 Å². The van der Waals surface area contributed by atoms with Crippen molar-refractivity contribution in [2.24, 2.45) is 5.92 Å². The Hall–Kier alpha value is -0.450. The van der Waals surface area contributed by atoms with Crippen molar-refractivity contribution in [1.29, 1.82) is 0 Å². The highest BCUT2D eigenvalue weighted by molar-refractivity contribution is 7.11. The van der Waals surface area contributed by atoms with E-state index in [0.717, 1.165) is 18.1 Å². The van der Waals surface area contributed by atoms with Gasteiger partial charge in [0.25, 0.3) is 0 Å². The molecule has 0 amide bonds. The highest BCUT2D eigenvalue weighted by Gasteiger charge is 2.31. The number of hydrogen-bond acceptors (Lipinski definition) is 4. The standard InChI is InChI=1S/C15H26N2OS/c1-5-8-16-9-12-13(11-6-7-11)17-15(19-12)14(18-4)10(2)3/h10-11,14,16H,5-9H2,1-4H3. The van der Waals surface area contributed by atoms with Crippen molar-refractivity contribution in [3.05, 3.63) is 15.6 Å². The summed E-state index contributed by atoms with van der Waals surface area (Å²) in [6.07, 6.45) is 3.94. The molecule has 0 bridgehead atoms. The monoisotopic (exact) mass is 282 g/mol. The summed E-state index contributed by atoms with van der Waals surface area (Å²) < 4.78 is 5.62. The van der Waals surface area contributed by atoms with E-state index in [9.17, 15) is 0 Å². The SMILES string of the molecule is CCCNCc1sc(C(OC)C(C)C)nc1C1CC1. The molecule has 1 aromatic heterocycles. The van der Waals surface area contributed by atoms with Crippen LogP contribution < -0.4 is 5.32 Å². The van der Waals surface area contributed by atoms with Gasteiger partial charge in [0.15, 0.2) is 0 Å². The third-order valence-corrected chi connectivity index (χ3v) is 4.66. The molecule has 1 saturated carbocycles. The molecule has 1 aliphatic carbocycles. The summed E-state index contributed by atoms with van der Waals surface area (Å²) in [6.45, 7) is 8.64. The van der Waals surface area contributed by atoms with Crippen molar-refractivity contribution >= 4 is 11.3 Å². The van der Waals surface area contributed by atoms with Crippen LogP contribution in [0.2, 0.25) is 0 Å². The molecule has 4 heteroatoms. The van der Waals surface area contributed by atoms with Crippen LogP contribution in [0.25, 0.3) is 0 Å². The van der Waals surface area contributed by atoms with E-state index in [2.05, 4.69) is 26.1 Å². The molecule has 1 unspecified atom stereocenters. The fourth-order valence-corrected chi connectivity index (χ4v) is 3.72. The van der Waals surface area contributed by atoms with E-state index < -0.39 is 0 Å². The minimum Gasteiger partial charge on any atom is -0.374 e. The Morgan fingerprint density at radius 3 is 2.68 bits per heavy atom. The molecule has 108 valence electrons. The molecule has 3 nitrogen and oxygen atoms in total. The topological polar surface area (TPSA) is 34.1 Å². The number of nitrogens with one attached hydrogen (secondary N) is 1. The average molecular weight is 282 g/mol. The maximum atomic E-state index is 5.62. The second-order valence-corrected chi connectivity index (χ2v) is 6.83. The van der Waals surface area contributed by atoms with Gasteiger partial charge in [0.1, 0.15) is 11.1 Å². The van der Waals surface area contributed by atoms with Gasteiger partial charge in [-0.2, -0.15) is 0 Å². The van der Waals surface area contributed by atoms with Crippen LogP contribution in [0.3, 0.4) is 0 Å². The first-order valence-electron chi connectivity index (χ1n) is 7.40. The Morgan fingerprint density at radius 2 is 2.16 bits per heavy atom. The second-order valence-electron chi connectivity index (χ2n) is 5.71. The van der Waals surface area contributed by atoms with Gasteiger partial charge in [-0.3, -0.25) is 0 Å². The Morgan fingerprint density at radius 1 is 1.42 bits per heavy atom. The summed E-state index contributed by atoms with van der Waals surface area (Å²) in [5, 5.41) is 4.66. The Bertz CT molecular complexity index is 399. The number of ether oxygens (including phenoxy) is 1. The van der Waals surface area contributed by atoms with E-state index in [4.69, 9.17) is 9.72 Å². The molecule has 0 radical (unpaired) electrons. The predicted molar refractivity (Wildman–Crippen MR) is 80.7 cm³/mol. The van der Waals surface area contributed by atoms with Gasteiger partial charge in [0, 0.05) is 24.4 Å². The average Bonchev–Trinajstić information content (AvgIpc) is 3.13. The van der Waals surface area contributed by atoms with Crippen molar-refractivity contribution in [1.82, 2.24) is 10.3 Å². The van der Waals surface area contributed by atoms with Crippen LogP contribution in [0.5, 0.6) is 0 Å². The predicted octanol–water partition coefficient (Wildman–Crippen LogP) is 3.86. The molecule has 1 N–H and O–H groups in total. The second kappa shape index (κ2) is 6.82. The van der Waals surface area contributed by atoms with Crippen molar-refractivity contribution in [3.63, 3.8) is 0 Å². The first kappa shape index (κ1) is 14.9. The van der Waals surface area contributed by atoms with Crippen LogP contribution in [-0.4, -0.2) is 18.6 Å². The molecule has 1 heterocycles. The first-order chi connectivity index (χ1) is 9.17. The molecule has 0 spiro atoms. The molecule has 0 saturated heterocycles. The summed E-state index contributed by atoms with van der Waals surface area (Å²) in [6, 6.07) is 0. The number of methoxy groups -OCH3 is 1. The molecule has 1 aliphatic rings. The van der Waals surface area contributed by atoms with Gasteiger partial charge in [-0.25, -0.2) is 4.98 Å². The van der Waals surface area contributed by atoms with E-state index in [1.54, 1.807) is 7.11 Å². The zero-order valence-electron chi connectivity index (χ0n) is 12.5. The van der Waals surface area contributed by atoms with E-state index >= 15 is 0 Å². The fraction of sp³-hybridized carbons (Fsp3) is 0.800. The van der Waals surface area contributed by atoms with Gasteiger partial charge in [0.05, 0.1) is 5.69 Å². The van der Waals surface area contributed by atoms with Gasteiger partial charge in [0.2, 0.25) is 0 Å². The first-order valence-corrected chi connectivity index (χ1v) is 8.22. The number of rotatable bonds is 8. The molecule has 2 rings (SSSR count). The summed E-state index contributed by atoms with van der Waals surface area (Å²) in [5.41, 5.74) is 1.34. The summed E-state index contributed by atoms with van der Waals surface area (Å²) in [4.78, 5) is 6.32. The van der Waals surface area contributed by atoms with Gasteiger partial charge >= 0.3 is 0 Å². The molecule has 19 heavy (non-hydrogen) atoms. The van der Waals surface area contributed by atoms with Crippen LogP contribution in [0, 0.1) is 5.92 Å². The van der Waals surface area contributed by atoms with Gasteiger partial charge in [-0.15, -0.1) is 11.3 Å². The number of aromatic nitrogens is 1. The normalized spacial score (nSPS) is 17.1. The van der Waals surface area contributed by atoms with Crippen molar-refractivity contribution in [3.8, 4) is 0 Å². The molecule has 0 aromatic carbocycles. The zero-order chi connectivity index (χ0) is 13.8. The molecule has 1 aromatic rings. The van der Waals surface area contributed by atoms with E-state index in [1.165, 1.54) is 29.8 Å². The van der Waals surface area contributed by atoms with Gasteiger partial charge in [-0.1, -0.05) is 20.8 Å². The Kier molecular flexibility index (Phi) is 5.37. The highest BCUT2D eigenvalue weighted by Crippen LogP contribution is 2.44. The van der Waals surface area contributed by atoms with Crippen LogP contribution in [0.4, 0.5) is 0 Å². The van der Waals surface area contributed by atoms with E-state index in [1.807, 2.05) is 11.3 Å². The van der Waals surface area contributed by atoms with Crippen LogP contribution in [0.1, 0.15) is 67.6 Å². The largest absolute Gasteiger partial charge is 0.374 e. The molecule has 1 fully saturated rings. The van der Waals surface area contributed by atoms with Gasteiger partial charge in [-0.05, 0) is 31.7 Å². The molecule has 0 aliphatic heterocycles. The lowest BCUT2D eigenvalue weighted by Gasteiger charge is -2.16. The van der Waals surface area contributed by atoms with Gasteiger partial charge < -0.3 is 10.1 Å². The summed E-state index contributed by atoms with van der Waals surface area (Å²) in [7, 11) is 1.79. The smallest absolute Gasteiger partial charge is 0.122 e. The quantitative estimate of drug-likeness (QED) is 0.735. The zero-order valence-corrected chi connectivity index (χ0v) is 13.3. The lowest BCUT2D eigenvalue weighted by molar-refractivity contribution is 0.0643. The molecular weight excluding hydrogens is 256 g/mol. The van der Waals surface area contributed by atoms with Crippen LogP contribution >= 0.6 is 11.3 Å². The number of thiazole rings is 1. The van der Waals surface area contributed by atoms with E-state index in [-0.39, 0.29) is 6.10 Å². The third-order valence-electron chi connectivity index (χ3n) is 3.52. The fourth-order valence-electron chi connectivity index (χ4n) is 2.34. The minimum absolute atomic E-state index is 0.141. The Balaban J connectivity index is 2.14. The Labute approximate surface area is 120 Å². The maximum Gasteiger partial charge on any atom is 0.122 e. The van der Waals surface area contributed by atoms with Crippen molar-refractivity contribution < 1.29 is 4.74 Å². The minimum atomic E-state index is 0.141. The third kappa shape index (κ3) is 3.77. The summed E-state index contributed by atoms with van der Waals surface area (Å²) >= 11 is 1.84. The number of nitrogens with zero attached hydrogens (tertiary/aromatic N) is 1. The number of hydrogen-bond donors (Lipinski definition) is 1. The van der Waals surface area contributed by atoms with Crippen molar-refractivity contribution in [2.75, 3.05) is 13.7 Å². The molecular formula is C15H26N2OS. The maximum absolute atomic E-state index is 5.62. The van der Waals surface area contributed by atoms with E-state index in [0.29, 0.717) is 11.8 Å². The lowest BCUT2D eigenvalue weighted by atomic mass is 10.1. The lowest BCUT2D eigenvalue weighted by Crippen LogP contribution is -2.13. The van der Waals surface area contributed by atoms with Crippen molar-refractivity contribution in [2.45, 2.75) is 58.6 Å². The summed E-state index contributed by atoms with van der Waals surface area (Å²) in [5.74, 6) is 1.19. The highest BCUT2D eigenvalue weighted by atomic mass is 32.1.